The van der Waals surface area contributed by atoms with E-state index < -0.39 is 0 Å². The Morgan fingerprint density at radius 1 is 1.29 bits per heavy atom. The van der Waals surface area contributed by atoms with Crippen LogP contribution in [0.5, 0.6) is 0 Å². The SMILES string of the molecule is Nc1ccc(-c2ccsc2)nc1C(=O)Nc1cnccc1N1CCCC(N)C1. The van der Waals surface area contributed by atoms with E-state index in [0.717, 1.165) is 37.2 Å². The van der Waals surface area contributed by atoms with Crippen molar-refractivity contribution in [3.63, 3.8) is 0 Å². The van der Waals surface area contributed by atoms with Crippen molar-refractivity contribution in [2.45, 2.75) is 18.9 Å². The number of nitrogens with zero attached hydrogens (tertiary/aromatic N) is 3. The fraction of sp³-hybridized carbons (Fsp3) is 0.250. The van der Waals surface area contributed by atoms with E-state index >= 15 is 0 Å². The Labute approximate surface area is 167 Å². The summed E-state index contributed by atoms with van der Waals surface area (Å²) in [6.07, 6.45) is 5.40. The summed E-state index contributed by atoms with van der Waals surface area (Å²) in [7, 11) is 0. The van der Waals surface area contributed by atoms with Gasteiger partial charge in [-0.05, 0) is 42.5 Å². The number of carbonyl (C=O) groups is 1. The van der Waals surface area contributed by atoms with Crippen LogP contribution in [0.4, 0.5) is 17.1 Å². The molecule has 1 saturated heterocycles. The van der Waals surface area contributed by atoms with E-state index in [0.29, 0.717) is 17.1 Å². The third kappa shape index (κ3) is 3.83. The van der Waals surface area contributed by atoms with E-state index in [4.69, 9.17) is 11.5 Å². The van der Waals surface area contributed by atoms with Crippen LogP contribution in [0.1, 0.15) is 23.3 Å². The first-order chi connectivity index (χ1) is 13.6. The van der Waals surface area contributed by atoms with Gasteiger partial charge in [-0.2, -0.15) is 11.3 Å². The molecule has 0 spiro atoms. The van der Waals surface area contributed by atoms with Gasteiger partial charge in [0.15, 0.2) is 5.69 Å². The van der Waals surface area contributed by atoms with Crippen LogP contribution >= 0.6 is 11.3 Å². The molecular weight excluding hydrogens is 372 g/mol. The summed E-state index contributed by atoms with van der Waals surface area (Å²) in [5.41, 5.74) is 15.9. The average molecular weight is 395 g/mol. The number of nitrogens with two attached hydrogens (primary N) is 2. The van der Waals surface area contributed by atoms with Crippen molar-refractivity contribution >= 4 is 34.3 Å². The molecule has 1 fully saturated rings. The van der Waals surface area contributed by atoms with Gasteiger partial charge in [-0.25, -0.2) is 4.98 Å². The second kappa shape index (κ2) is 7.95. The lowest BCUT2D eigenvalue weighted by atomic mass is 10.1. The van der Waals surface area contributed by atoms with Crippen molar-refractivity contribution < 1.29 is 4.79 Å². The van der Waals surface area contributed by atoms with Gasteiger partial charge in [-0.1, -0.05) is 0 Å². The van der Waals surface area contributed by atoms with Gasteiger partial charge in [-0.3, -0.25) is 9.78 Å². The molecule has 0 saturated carbocycles. The first-order valence-electron chi connectivity index (χ1n) is 9.17. The summed E-state index contributed by atoms with van der Waals surface area (Å²) in [6, 6.07) is 7.52. The Kier molecular flexibility index (Phi) is 5.23. The van der Waals surface area contributed by atoms with Crippen LogP contribution in [0.3, 0.4) is 0 Å². The molecule has 0 radical (unpaired) electrons. The Balaban J connectivity index is 1.60. The number of thiophene rings is 1. The Morgan fingerprint density at radius 2 is 2.18 bits per heavy atom. The van der Waals surface area contributed by atoms with E-state index in [1.165, 1.54) is 0 Å². The summed E-state index contributed by atoms with van der Waals surface area (Å²) >= 11 is 1.58. The Morgan fingerprint density at radius 3 is 2.96 bits per heavy atom. The van der Waals surface area contributed by atoms with Gasteiger partial charge in [-0.15, -0.1) is 0 Å². The molecule has 1 aliphatic rings. The first kappa shape index (κ1) is 18.4. The Bertz CT molecular complexity index is 975. The average Bonchev–Trinajstić information content (AvgIpc) is 3.23. The zero-order valence-electron chi connectivity index (χ0n) is 15.3. The van der Waals surface area contributed by atoms with Crippen LogP contribution < -0.4 is 21.7 Å². The minimum absolute atomic E-state index is 0.130. The second-order valence-electron chi connectivity index (χ2n) is 6.84. The number of amides is 1. The third-order valence-corrected chi connectivity index (χ3v) is 5.49. The molecule has 0 aliphatic carbocycles. The van der Waals surface area contributed by atoms with Gasteiger partial charge < -0.3 is 21.7 Å². The topological polar surface area (TPSA) is 110 Å². The molecule has 28 heavy (non-hydrogen) atoms. The van der Waals surface area contributed by atoms with Crippen molar-refractivity contribution in [3.05, 3.63) is 53.1 Å². The zero-order chi connectivity index (χ0) is 19.5. The molecule has 0 aromatic carbocycles. The van der Waals surface area contributed by atoms with Gasteiger partial charge in [0.2, 0.25) is 0 Å². The molecule has 144 valence electrons. The quantitative estimate of drug-likeness (QED) is 0.627. The van der Waals surface area contributed by atoms with Crippen LogP contribution in [-0.2, 0) is 0 Å². The summed E-state index contributed by atoms with van der Waals surface area (Å²) < 4.78 is 0. The lowest BCUT2D eigenvalue weighted by molar-refractivity contribution is 0.102. The second-order valence-corrected chi connectivity index (χ2v) is 7.62. The summed E-state index contributed by atoms with van der Waals surface area (Å²) in [5, 5.41) is 6.88. The molecular formula is C20H22N6OS. The molecule has 5 N–H and O–H groups in total. The molecule has 3 aromatic heterocycles. The van der Waals surface area contributed by atoms with E-state index in [-0.39, 0.29) is 17.6 Å². The number of hydrogen-bond acceptors (Lipinski definition) is 7. The van der Waals surface area contributed by atoms with Gasteiger partial charge in [0.1, 0.15) is 0 Å². The minimum atomic E-state index is -0.356. The van der Waals surface area contributed by atoms with Gasteiger partial charge in [0.05, 0.1) is 29.0 Å². The molecule has 1 unspecified atom stereocenters. The number of nitrogen functional groups attached to an aromatic ring is 1. The predicted molar refractivity (Wildman–Crippen MR) is 114 cm³/mol. The van der Waals surface area contributed by atoms with Gasteiger partial charge in [0.25, 0.3) is 5.91 Å². The van der Waals surface area contributed by atoms with E-state index in [2.05, 4.69) is 20.2 Å². The molecule has 3 aromatic rings. The number of nitrogens with one attached hydrogen (secondary N) is 1. The first-order valence-corrected chi connectivity index (χ1v) is 10.1. The maximum Gasteiger partial charge on any atom is 0.276 e. The highest BCUT2D eigenvalue weighted by molar-refractivity contribution is 7.08. The molecule has 8 heteroatoms. The monoisotopic (exact) mass is 394 g/mol. The predicted octanol–water partition coefficient (Wildman–Crippen LogP) is 2.97. The molecule has 0 bridgehead atoms. The summed E-state index contributed by atoms with van der Waals surface area (Å²) in [4.78, 5) is 23.8. The van der Waals surface area contributed by atoms with Crippen LogP contribution in [0.15, 0.2) is 47.4 Å². The highest BCUT2D eigenvalue weighted by Gasteiger charge is 2.21. The highest BCUT2D eigenvalue weighted by Crippen LogP contribution is 2.28. The standard InChI is InChI=1S/C20H22N6OS/c21-14-2-1-8-26(11-14)18-5-7-23-10-17(18)25-20(27)19-15(22)3-4-16(24-19)13-6-9-28-12-13/h3-7,9-10,12,14H,1-2,8,11,21-22H2,(H,25,27). The maximum atomic E-state index is 12.9. The number of hydrogen-bond donors (Lipinski definition) is 3. The van der Waals surface area contributed by atoms with Crippen molar-refractivity contribution in [1.29, 1.82) is 0 Å². The maximum absolute atomic E-state index is 12.9. The van der Waals surface area contributed by atoms with Crippen LogP contribution in [0.2, 0.25) is 0 Å². The number of aromatic nitrogens is 2. The van der Waals surface area contributed by atoms with Crippen molar-refractivity contribution in [3.8, 4) is 11.3 Å². The number of rotatable bonds is 4. The molecule has 1 aliphatic heterocycles. The summed E-state index contributed by atoms with van der Waals surface area (Å²) in [5.74, 6) is -0.356. The van der Waals surface area contributed by atoms with E-state index in [1.807, 2.05) is 29.0 Å². The molecule has 4 heterocycles. The minimum Gasteiger partial charge on any atom is -0.397 e. The van der Waals surface area contributed by atoms with Gasteiger partial charge in [0, 0.05) is 36.3 Å². The number of anilines is 3. The van der Waals surface area contributed by atoms with Crippen molar-refractivity contribution in [2.24, 2.45) is 5.73 Å². The normalized spacial score (nSPS) is 16.8. The van der Waals surface area contributed by atoms with Crippen LogP contribution in [-0.4, -0.2) is 35.0 Å². The molecule has 7 nitrogen and oxygen atoms in total. The van der Waals surface area contributed by atoms with Crippen LogP contribution in [0.25, 0.3) is 11.3 Å². The lowest BCUT2D eigenvalue weighted by Gasteiger charge is -2.33. The fourth-order valence-corrected chi connectivity index (χ4v) is 4.04. The highest BCUT2D eigenvalue weighted by atomic mass is 32.1. The van der Waals surface area contributed by atoms with Gasteiger partial charge >= 0.3 is 0 Å². The van der Waals surface area contributed by atoms with E-state index in [9.17, 15) is 4.79 Å². The summed E-state index contributed by atoms with van der Waals surface area (Å²) in [6.45, 7) is 1.65. The van der Waals surface area contributed by atoms with E-state index in [1.54, 1.807) is 29.8 Å². The fourth-order valence-electron chi connectivity index (χ4n) is 3.39. The van der Waals surface area contributed by atoms with Crippen molar-refractivity contribution in [2.75, 3.05) is 29.0 Å². The number of piperidine rings is 1. The molecule has 1 atom stereocenters. The number of carbonyl (C=O) groups excluding carboxylic acids is 1. The molecule has 1 amide bonds. The smallest absolute Gasteiger partial charge is 0.276 e. The van der Waals surface area contributed by atoms with Crippen molar-refractivity contribution in [1.82, 2.24) is 9.97 Å². The third-order valence-electron chi connectivity index (χ3n) is 4.80. The molecule has 4 rings (SSSR count). The van der Waals surface area contributed by atoms with Crippen LogP contribution in [0, 0.1) is 0 Å². The number of pyridine rings is 2. The lowest BCUT2D eigenvalue weighted by Crippen LogP contribution is -2.43. The largest absolute Gasteiger partial charge is 0.397 e. The zero-order valence-corrected chi connectivity index (χ0v) is 16.2. The Hall–Kier alpha value is -2.97.